The van der Waals surface area contributed by atoms with Gasteiger partial charge < -0.3 is 14.5 Å². The fourth-order valence-corrected chi connectivity index (χ4v) is 2.89. The summed E-state index contributed by atoms with van der Waals surface area (Å²) in [5, 5.41) is 9.21. The van der Waals surface area contributed by atoms with E-state index in [0.29, 0.717) is 30.1 Å². The number of hydrogen-bond acceptors (Lipinski definition) is 4. The van der Waals surface area contributed by atoms with Gasteiger partial charge in [-0.15, -0.1) is 0 Å². The Kier molecular flexibility index (Phi) is 5.18. The van der Waals surface area contributed by atoms with Crippen LogP contribution in [0.1, 0.15) is 11.1 Å². The second-order valence-corrected chi connectivity index (χ2v) is 6.04. The number of nitriles is 1. The average Bonchev–Trinajstić information content (AvgIpc) is 2.67. The van der Waals surface area contributed by atoms with Gasteiger partial charge in [0.2, 0.25) is 5.91 Å². The summed E-state index contributed by atoms with van der Waals surface area (Å²) >= 11 is 0. The fraction of sp³-hybridized carbons (Fsp3) is 0.250. The van der Waals surface area contributed by atoms with E-state index in [0.717, 1.165) is 5.56 Å². The first-order valence-electron chi connectivity index (χ1n) is 8.36. The van der Waals surface area contributed by atoms with Crippen molar-refractivity contribution in [2.75, 3.05) is 31.1 Å². The Morgan fingerprint density at radius 1 is 1.15 bits per heavy atom. The lowest BCUT2D eigenvalue weighted by atomic mass is 10.1. The van der Waals surface area contributed by atoms with Gasteiger partial charge in [-0.05, 0) is 30.7 Å². The third-order valence-corrected chi connectivity index (χ3v) is 4.33. The Morgan fingerprint density at radius 3 is 2.62 bits per heavy atom. The lowest BCUT2D eigenvalue weighted by Crippen LogP contribution is -2.53. The van der Waals surface area contributed by atoms with Gasteiger partial charge in [-0.2, -0.15) is 5.26 Å². The maximum Gasteiger partial charge on any atom is 0.261 e. The molecule has 1 saturated heterocycles. The summed E-state index contributed by atoms with van der Waals surface area (Å²) in [5.41, 5.74) is 1.99. The predicted octanol–water partition coefficient (Wildman–Crippen LogP) is 2.12. The number of anilines is 1. The molecular formula is C20H19N3O3. The van der Waals surface area contributed by atoms with Crippen molar-refractivity contribution in [1.82, 2.24) is 4.90 Å². The largest absolute Gasteiger partial charge is 0.484 e. The van der Waals surface area contributed by atoms with Gasteiger partial charge in [0.25, 0.3) is 5.91 Å². The Bertz CT molecular complexity index is 873. The zero-order valence-corrected chi connectivity index (χ0v) is 14.5. The summed E-state index contributed by atoms with van der Waals surface area (Å²) < 4.78 is 5.58. The van der Waals surface area contributed by atoms with Gasteiger partial charge in [-0.1, -0.05) is 30.3 Å². The van der Waals surface area contributed by atoms with Crippen molar-refractivity contribution >= 4 is 17.5 Å². The number of para-hydroxylation sites is 2. The van der Waals surface area contributed by atoms with Gasteiger partial charge in [0, 0.05) is 13.1 Å². The van der Waals surface area contributed by atoms with Gasteiger partial charge in [-0.3, -0.25) is 9.59 Å². The Hall–Kier alpha value is -3.33. The van der Waals surface area contributed by atoms with E-state index in [2.05, 4.69) is 6.07 Å². The van der Waals surface area contributed by atoms with E-state index in [1.165, 1.54) is 4.90 Å². The van der Waals surface area contributed by atoms with Crippen LogP contribution in [-0.2, 0) is 9.59 Å². The molecule has 2 aromatic carbocycles. The summed E-state index contributed by atoms with van der Waals surface area (Å²) in [4.78, 5) is 27.9. The van der Waals surface area contributed by atoms with E-state index in [-0.39, 0.29) is 25.0 Å². The lowest BCUT2D eigenvalue weighted by molar-refractivity contribution is -0.138. The van der Waals surface area contributed by atoms with Crippen LogP contribution in [0.4, 0.5) is 5.69 Å². The van der Waals surface area contributed by atoms with Crippen LogP contribution in [0.5, 0.6) is 5.75 Å². The molecule has 0 unspecified atom stereocenters. The van der Waals surface area contributed by atoms with E-state index in [9.17, 15) is 14.9 Å². The van der Waals surface area contributed by atoms with Crippen molar-refractivity contribution in [2.24, 2.45) is 0 Å². The molecule has 2 aromatic rings. The molecule has 0 atom stereocenters. The number of nitrogens with zero attached hydrogens (tertiary/aromatic N) is 3. The molecule has 0 saturated carbocycles. The molecule has 0 aliphatic carbocycles. The number of benzene rings is 2. The van der Waals surface area contributed by atoms with Gasteiger partial charge in [0.1, 0.15) is 18.4 Å². The first-order valence-corrected chi connectivity index (χ1v) is 8.36. The van der Waals surface area contributed by atoms with Crippen molar-refractivity contribution in [3.05, 3.63) is 59.7 Å². The highest BCUT2D eigenvalue weighted by atomic mass is 16.5. The monoisotopic (exact) mass is 349 g/mol. The molecule has 1 fully saturated rings. The van der Waals surface area contributed by atoms with Crippen molar-refractivity contribution in [1.29, 1.82) is 5.26 Å². The molecule has 0 bridgehead atoms. The zero-order valence-electron chi connectivity index (χ0n) is 14.5. The van der Waals surface area contributed by atoms with Crippen molar-refractivity contribution in [3.8, 4) is 11.8 Å². The Labute approximate surface area is 152 Å². The van der Waals surface area contributed by atoms with Crippen LogP contribution in [0, 0.1) is 18.3 Å². The quantitative estimate of drug-likeness (QED) is 0.847. The second kappa shape index (κ2) is 7.70. The van der Waals surface area contributed by atoms with E-state index in [1.807, 2.05) is 31.2 Å². The van der Waals surface area contributed by atoms with Crippen LogP contribution in [0.15, 0.2) is 48.5 Å². The fourth-order valence-electron chi connectivity index (χ4n) is 2.89. The van der Waals surface area contributed by atoms with E-state index < -0.39 is 0 Å². The maximum atomic E-state index is 12.5. The molecule has 0 radical (unpaired) electrons. The average molecular weight is 349 g/mol. The molecule has 0 spiro atoms. The van der Waals surface area contributed by atoms with Crippen molar-refractivity contribution < 1.29 is 14.3 Å². The van der Waals surface area contributed by atoms with Gasteiger partial charge >= 0.3 is 0 Å². The number of hydrogen-bond donors (Lipinski definition) is 0. The maximum absolute atomic E-state index is 12.5. The number of carbonyl (C=O) groups is 2. The summed E-state index contributed by atoms with van der Waals surface area (Å²) in [6.45, 7) is 2.55. The molecule has 26 heavy (non-hydrogen) atoms. The standard InChI is InChI=1S/C20H19N3O3/c1-15-6-2-5-9-18(15)26-14-20(25)22-10-11-23(19(24)13-22)17-8-4-3-7-16(17)12-21/h2-9H,10-11,13-14H2,1H3. The van der Waals surface area contributed by atoms with Gasteiger partial charge in [-0.25, -0.2) is 0 Å². The minimum Gasteiger partial charge on any atom is -0.484 e. The van der Waals surface area contributed by atoms with Crippen molar-refractivity contribution in [3.63, 3.8) is 0 Å². The van der Waals surface area contributed by atoms with Crippen molar-refractivity contribution in [2.45, 2.75) is 6.92 Å². The van der Waals surface area contributed by atoms with Crippen LogP contribution in [0.3, 0.4) is 0 Å². The first-order chi connectivity index (χ1) is 12.6. The summed E-state index contributed by atoms with van der Waals surface area (Å²) in [6, 6.07) is 16.5. The minimum absolute atomic E-state index is 0.0181. The normalized spacial score (nSPS) is 14.1. The minimum atomic E-state index is -0.227. The smallest absolute Gasteiger partial charge is 0.261 e. The first kappa shape index (κ1) is 17.5. The Balaban J connectivity index is 1.62. The highest BCUT2D eigenvalue weighted by molar-refractivity contribution is 5.99. The molecule has 3 rings (SSSR count). The van der Waals surface area contributed by atoms with E-state index in [4.69, 9.17) is 4.74 Å². The number of aryl methyl sites for hydroxylation is 1. The molecule has 2 amide bonds. The number of carbonyl (C=O) groups excluding carboxylic acids is 2. The topological polar surface area (TPSA) is 73.6 Å². The summed E-state index contributed by atoms with van der Waals surface area (Å²) in [7, 11) is 0. The van der Waals surface area contributed by atoms with Crippen LogP contribution in [-0.4, -0.2) is 43.0 Å². The molecule has 1 heterocycles. The number of piperazine rings is 1. The highest BCUT2D eigenvalue weighted by Crippen LogP contribution is 2.22. The van der Waals surface area contributed by atoms with E-state index >= 15 is 0 Å². The summed E-state index contributed by atoms with van der Waals surface area (Å²) in [6.07, 6.45) is 0. The SMILES string of the molecule is Cc1ccccc1OCC(=O)N1CCN(c2ccccc2C#N)C(=O)C1. The molecule has 0 aromatic heterocycles. The Morgan fingerprint density at radius 2 is 1.88 bits per heavy atom. The summed E-state index contributed by atoms with van der Waals surface area (Å²) in [5.74, 6) is 0.228. The molecular weight excluding hydrogens is 330 g/mol. The molecule has 1 aliphatic heterocycles. The molecule has 6 heteroatoms. The third kappa shape index (κ3) is 3.67. The zero-order chi connectivity index (χ0) is 18.5. The van der Waals surface area contributed by atoms with Crippen LogP contribution >= 0.6 is 0 Å². The number of rotatable bonds is 4. The van der Waals surface area contributed by atoms with Gasteiger partial charge in [0.05, 0.1) is 11.3 Å². The molecule has 0 N–H and O–H groups in total. The second-order valence-electron chi connectivity index (χ2n) is 6.04. The predicted molar refractivity (Wildman–Crippen MR) is 96.8 cm³/mol. The molecule has 132 valence electrons. The van der Waals surface area contributed by atoms with E-state index in [1.54, 1.807) is 29.2 Å². The molecule has 1 aliphatic rings. The number of ether oxygens (including phenoxy) is 1. The van der Waals surface area contributed by atoms with Crippen LogP contribution in [0.25, 0.3) is 0 Å². The third-order valence-electron chi connectivity index (χ3n) is 4.33. The highest BCUT2D eigenvalue weighted by Gasteiger charge is 2.29. The van der Waals surface area contributed by atoms with Crippen LogP contribution in [0.2, 0.25) is 0 Å². The lowest BCUT2D eigenvalue weighted by Gasteiger charge is -2.34. The number of amides is 2. The van der Waals surface area contributed by atoms with Gasteiger partial charge in [0.15, 0.2) is 6.61 Å². The molecule has 6 nitrogen and oxygen atoms in total. The van der Waals surface area contributed by atoms with Crippen LogP contribution < -0.4 is 9.64 Å².